The summed E-state index contributed by atoms with van der Waals surface area (Å²) < 4.78 is 0. The number of halogens is 2. The third-order valence-corrected chi connectivity index (χ3v) is 7.07. The standard InChI is InChI=1S/C15H13.C5H5.C3H8Si.2ClH.Zr/c1-10-3-5-14-12(7-10)9-13-8-11(2)4-6-15(13)14;1-2-4-5-3-1;1-2-3-4;;;/h3-7H,9H2,1-2H3;1-5H;4H,2-3H2,1H3;2*1H;/q2*-1;;;;+2/p-2. The number of rotatable bonds is 2. The molecule has 0 heterocycles. The van der Waals surface area contributed by atoms with Crippen molar-refractivity contribution in [1.29, 1.82) is 0 Å². The first-order chi connectivity index (χ1) is 12.2. The van der Waals surface area contributed by atoms with Crippen LogP contribution in [-0.4, -0.2) is 6.16 Å². The molecule has 0 aromatic heterocycles. The van der Waals surface area contributed by atoms with Gasteiger partial charge in [-0.05, 0) is 18.9 Å². The van der Waals surface area contributed by atoms with E-state index in [-0.39, 0.29) is 24.8 Å². The maximum absolute atomic E-state index is 3.45. The average Bonchev–Trinajstić information content (AvgIpc) is 3.26. The largest absolute Gasteiger partial charge is 1.00 e. The van der Waals surface area contributed by atoms with Gasteiger partial charge in [-0.15, -0.1) is 11.1 Å². The maximum Gasteiger partial charge on any atom is -0.0253 e. The molecule has 0 N–H and O–H groups in total. The Morgan fingerprint density at radius 1 is 1.04 bits per heavy atom. The van der Waals surface area contributed by atoms with Crippen LogP contribution in [0.1, 0.15) is 35.6 Å². The summed E-state index contributed by atoms with van der Waals surface area (Å²) in [5.41, 5.74) is 8.15. The van der Waals surface area contributed by atoms with Gasteiger partial charge in [-0.1, -0.05) is 36.2 Å². The Hall–Kier alpha value is -0.530. The minimum Gasteiger partial charge on any atom is -1.00 e. The molecule has 0 fully saturated rings. The van der Waals surface area contributed by atoms with E-state index >= 15 is 0 Å². The molecule has 0 nitrogen and oxygen atoms in total. The van der Waals surface area contributed by atoms with E-state index in [2.05, 4.69) is 57.2 Å². The molecule has 4 heteroatoms. The van der Waals surface area contributed by atoms with Gasteiger partial charge in [0.1, 0.15) is 0 Å². The zero-order valence-corrected chi connectivity index (χ0v) is 21.4. The zero-order valence-electron chi connectivity index (χ0n) is 16.2. The van der Waals surface area contributed by atoms with Crippen LogP contribution in [0, 0.1) is 19.9 Å². The Morgan fingerprint density at radius 2 is 1.70 bits per heavy atom. The summed E-state index contributed by atoms with van der Waals surface area (Å²) in [6.45, 7) is 6.50. The number of fused-ring (bicyclic) bond motifs is 3. The maximum atomic E-state index is 3.45. The summed E-state index contributed by atoms with van der Waals surface area (Å²) >= 11 is 1.77. The van der Waals surface area contributed by atoms with Crippen LogP contribution in [0.5, 0.6) is 0 Å². The van der Waals surface area contributed by atoms with E-state index in [1.54, 1.807) is 23.3 Å². The Bertz CT molecular complexity index is 731. The Labute approximate surface area is 193 Å². The molecule has 0 amide bonds. The fraction of sp³-hybridized carbons (Fsp3) is 0.261. The van der Waals surface area contributed by atoms with Crippen molar-refractivity contribution in [3.8, 4) is 11.1 Å². The van der Waals surface area contributed by atoms with Crippen molar-refractivity contribution in [3.05, 3.63) is 89.0 Å². The van der Waals surface area contributed by atoms with Crippen molar-refractivity contribution in [2.45, 2.75) is 39.7 Å². The predicted molar refractivity (Wildman–Crippen MR) is 107 cm³/mol. The van der Waals surface area contributed by atoms with Crippen LogP contribution < -0.4 is 24.8 Å². The van der Waals surface area contributed by atoms with Gasteiger partial charge >= 0.3 is 48.9 Å². The molecule has 0 radical (unpaired) electrons. The van der Waals surface area contributed by atoms with E-state index in [1.807, 2.05) is 30.3 Å². The van der Waals surface area contributed by atoms with E-state index in [4.69, 9.17) is 0 Å². The summed E-state index contributed by atoms with van der Waals surface area (Å²) in [5.74, 6) is 0. The fourth-order valence-electron chi connectivity index (χ4n) is 2.83. The first kappa shape index (κ1) is 26.5. The minimum absolute atomic E-state index is 0. The van der Waals surface area contributed by atoms with Crippen molar-refractivity contribution >= 4 is 6.16 Å². The second kappa shape index (κ2) is 14.5. The molecule has 0 atom stereocenters. The molecule has 1 aliphatic rings. The normalized spacial score (nSPS) is 9.81. The second-order valence-electron chi connectivity index (χ2n) is 6.33. The van der Waals surface area contributed by atoms with Gasteiger partial charge in [-0.25, -0.2) is 12.1 Å². The van der Waals surface area contributed by atoms with Gasteiger partial charge in [-0.3, -0.25) is 0 Å². The van der Waals surface area contributed by atoms with Crippen LogP contribution in [0.2, 0.25) is 6.04 Å². The molecule has 0 spiro atoms. The number of aryl methyl sites for hydroxylation is 2. The molecular weight excluding hydrogens is 466 g/mol. The molecule has 4 rings (SSSR count). The molecule has 0 aliphatic heterocycles. The van der Waals surface area contributed by atoms with Gasteiger partial charge in [0.15, 0.2) is 0 Å². The van der Waals surface area contributed by atoms with E-state index in [0.717, 1.165) is 12.6 Å². The van der Waals surface area contributed by atoms with Crippen molar-refractivity contribution < 1.29 is 48.1 Å². The van der Waals surface area contributed by atoms with Crippen molar-refractivity contribution in [1.82, 2.24) is 0 Å². The van der Waals surface area contributed by atoms with E-state index in [1.165, 1.54) is 45.8 Å². The van der Waals surface area contributed by atoms with Crippen molar-refractivity contribution in [2.75, 3.05) is 0 Å². The predicted octanol–water partition coefficient (Wildman–Crippen LogP) is -0.199. The molecule has 1 aliphatic carbocycles. The summed E-state index contributed by atoms with van der Waals surface area (Å²) in [7, 11) is 0. The van der Waals surface area contributed by atoms with Gasteiger partial charge in [-0.2, -0.15) is 42.0 Å². The summed E-state index contributed by atoms with van der Waals surface area (Å²) in [5, 5.41) is 0. The van der Waals surface area contributed by atoms with E-state index in [0.29, 0.717) is 0 Å². The zero-order chi connectivity index (χ0) is 18.1. The Kier molecular flexibility index (Phi) is 14.2. The van der Waals surface area contributed by atoms with Crippen molar-refractivity contribution in [2.24, 2.45) is 0 Å². The van der Waals surface area contributed by atoms with Crippen molar-refractivity contribution in [3.63, 3.8) is 0 Å². The molecule has 3 aromatic rings. The number of hydrogen-bond acceptors (Lipinski definition) is 0. The van der Waals surface area contributed by atoms with Crippen LogP contribution in [0.15, 0.2) is 60.7 Å². The van der Waals surface area contributed by atoms with Crippen LogP contribution in [0.3, 0.4) is 0 Å². The molecule has 0 bridgehead atoms. The van der Waals surface area contributed by atoms with E-state index in [9.17, 15) is 0 Å². The molecule has 3 aromatic carbocycles. The number of benzene rings is 2. The molecule has 0 unspecified atom stereocenters. The van der Waals surface area contributed by atoms with Gasteiger partial charge in [0.25, 0.3) is 0 Å². The van der Waals surface area contributed by atoms with Crippen LogP contribution in [-0.2, 0) is 29.8 Å². The minimum atomic E-state index is 0. The topological polar surface area (TPSA) is 0 Å². The monoisotopic (exact) mass is 490 g/mol. The first-order valence-electron chi connectivity index (χ1n) is 8.93. The molecule has 0 saturated carbocycles. The van der Waals surface area contributed by atoms with Crippen LogP contribution >= 0.6 is 0 Å². The smallest absolute Gasteiger partial charge is 0.0253 e. The summed E-state index contributed by atoms with van der Waals surface area (Å²) in [4.78, 5) is 0. The summed E-state index contributed by atoms with van der Waals surface area (Å²) in [6, 6.07) is 26.1. The van der Waals surface area contributed by atoms with Gasteiger partial charge < -0.3 is 24.8 Å². The second-order valence-corrected chi connectivity index (χ2v) is 10.3. The molecule has 27 heavy (non-hydrogen) atoms. The van der Waals surface area contributed by atoms with E-state index < -0.39 is 0 Å². The fourth-order valence-corrected chi connectivity index (χ4v) is 5.25. The summed E-state index contributed by atoms with van der Waals surface area (Å²) in [6.07, 6.45) is 3.33. The molecular formula is C23H26Cl2SiZr-2. The Balaban J connectivity index is 0.000000475. The molecule has 142 valence electrons. The van der Waals surface area contributed by atoms with Crippen LogP contribution in [0.4, 0.5) is 0 Å². The quantitative estimate of drug-likeness (QED) is 0.269. The van der Waals surface area contributed by atoms with Crippen LogP contribution in [0.25, 0.3) is 11.1 Å². The SMILES string of the molecule is CCC[SiH]=[Zr+2].Cc1[c-]c2c(cc1)-c1ccc(C)cc1C2.[Cl-].[Cl-].c1cc[cH-]c1. The molecule has 0 saturated heterocycles. The third kappa shape index (κ3) is 8.57. The average molecular weight is 493 g/mol. The van der Waals surface area contributed by atoms with Gasteiger partial charge in [0, 0.05) is 0 Å². The van der Waals surface area contributed by atoms with Gasteiger partial charge in [0.2, 0.25) is 0 Å². The third-order valence-electron chi connectivity index (χ3n) is 4.08. The van der Waals surface area contributed by atoms with Gasteiger partial charge in [0.05, 0.1) is 0 Å². The first-order valence-corrected chi connectivity index (χ1v) is 14.6. The Morgan fingerprint density at radius 3 is 2.22 bits per heavy atom. The number of hydrogen-bond donors (Lipinski definition) is 0.